The van der Waals surface area contributed by atoms with Crippen molar-refractivity contribution < 1.29 is 19.4 Å². The number of ether oxygens (including phenoxy) is 1. The topological polar surface area (TPSA) is 84.7 Å². The monoisotopic (exact) mass is 295 g/mol. The molecule has 0 fully saturated rings. The Morgan fingerprint density at radius 1 is 1.43 bits per heavy atom. The summed E-state index contributed by atoms with van der Waals surface area (Å²) in [4.78, 5) is 24.9. The molecule has 0 saturated heterocycles. The average molecular weight is 295 g/mol. The van der Waals surface area contributed by atoms with E-state index in [2.05, 4.69) is 5.10 Å². The quantitative estimate of drug-likeness (QED) is 0.857. The van der Waals surface area contributed by atoms with E-state index in [0.717, 1.165) is 0 Å². The van der Waals surface area contributed by atoms with Crippen LogP contribution in [0.2, 0.25) is 0 Å². The largest absolute Gasteiger partial charge is 0.476 e. The third kappa shape index (κ3) is 3.53. The fraction of sp³-hybridized carbons (Fsp3) is 0.643. The van der Waals surface area contributed by atoms with Crippen LogP contribution in [0, 0.1) is 0 Å². The van der Waals surface area contributed by atoms with Crippen LogP contribution in [0.3, 0.4) is 0 Å². The van der Waals surface area contributed by atoms with E-state index < -0.39 is 11.6 Å². The number of hydrogen-bond acceptors (Lipinski definition) is 4. The second-order valence-electron chi connectivity index (χ2n) is 6.30. The minimum Gasteiger partial charge on any atom is -0.476 e. The lowest BCUT2D eigenvalue weighted by Gasteiger charge is -2.30. The number of hydrogen-bond donors (Lipinski definition) is 1. The first kappa shape index (κ1) is 15.3. The van der Waals surface area contributed by atoms with Gasteiger partial charge in [0.15, 0.2) is 5.69 Å². The number of nitrogens with zero attached hydrogens (tertiary/aromatic N) is 3. The molecule has 1 unspecified atom stereocenters. The Hall–Kier alpha value is -2.05. The van der Waals surface area contributed by atoms with Crippen LogP contribution in [-0.4, -0.2) is 43.5 Å². The van der Waals surface area contributed by atoms with Gasteiger partial charge in [-0.2, -0.15) is 5.10 Å². The van der Waals surface area contributed by atoms with Gasteiger partial charge in [-0.1, -0.05) is 0 Å². The van der Waals surface area contributed by atoms with E-state index in [1.807, 2.05) is 27.7 Å². The van der Waals surface area contributed by atoms with Crippen molar-refractivity contribution in [3.05, 3.63) is 17.5 Å². The van der Waals surface area contributed by atoms with E-state index in [4.69, 9.17) is 9.84 Å². The number of carboxylic acids is 1. The van der Waals surface area contributed by atoms with Crippen molar-refractivity contribution in [1.82, 2.24) is 14.7 Å². The highest BCUT2D eigenvalue weighted by Crippen LogP contribution is 2.21. The Labute approximate surface area is 123 Å². The van der Waals surface area contributed by atoms with E-state index in [-0.39, 0.29) is 17.8 Å². The van der Waals surface area contributed by atoms with Crippen LogP contribution in [0.4, 0.5) is 4.79 Å². The molecule has 0 aliphatic carbocycles. The summed E-state index contributed by atoms with van der Waals surface area (Å²) in [6, 6.07) is 1.52. The summed E-state index contributed by atoms with van der Waals surface area (Å²) in [7, 11) is 0. The van der Waals surface area contributed by atoms with Crippen molar-refractivity contribution in [2.24, 2.45) is 0 Å². The van der Waals surface area contributed by atoms with Crippen LogP contribution in [0.1, 0.15) is 50.3 Å². The molecule has 1 atom stereocenters. The van der Waals surface area contributed by atoms with Gasteiger partial charge in [0.25, 0.3) is 0 Å². The normalized spacial score (nSPS) is 18.9. The molecule has 2 heterocycles. The van der Waals surface area contributed by atoms with Crippen LogP contribution < -0.4 is 0 Å². The van der Waals surface area contributed by atoms with Gasteiger partial charge in [0.05, 0.1) is 12.2 Å². The van der Waals surface area contributed by atoms with Gasteiger partial charge < -0.3 is 9.84 Å². The van der Waals surface area contributed by atoms with Crippen LogP contribution >= 0.6 is 0 Å². The second-order valence-corrected chi connectivity index (χ2v) is 6.30. The zero-order valence-corrected chi connectivity index (χ0v) is 12.8. The highest BCUT2D eigenvalue weighted by atomic mass is 16.6. The zero-order chi connectivity index (χ0) is 15.8. The highest BCUT2D eigenvalue weighted by molar-refractivity contribution is 5.85. The second kappa shape index (κ2) is 5.38. The molecular weight excluding hydrogens is 274 g/mol. The number of aryl methyl sites for hydroxylation is 1. The van der Waals surface area contributed by atoms with Crippen LogP contribution in [0.25, 0.3) is 0 Å². The maximum Gasteiger partial charge on any atom is 0.410 e. The number of aromatic nitrogens is 2. The number of aromatic carboxylic acids is 1. The Kier molecular flexibility index (Phi) is 3.93. The standard InChI is InChI=1S/C14H21N3O4/c1-9-5-6-17-10(7-11(15-17)12(18)19)8-16(9)13(20)21-14(2,3)4/h7,9H,5-6,8H2,1-4H3,(H,18,19). The van der Waals surface area contributed by atoms with E-state index in [1.54, 1.807) is 9.58 Å². The summed E-state index contributed by atoms with van der Waals surface area (Å²) in [5.41, 5.74) is 0.154. The molecule has 7 nitrogen and oxygen atoms in total. The van der Waals surface area contributed by atoms with Gasteiger partial charge in [-0.15, -0.1) is 0 Å². The fourth-order valence-corrected chi connectivity index (χ4v) is 2.24. The first-order chi connectivity index (χ1) is 9.67. The predicted octanol–water partition coefficient (Wildman–Crippen LogP) is 2.11. The lowest BCUT2D eigenvalue weighted by molar-refractivity contribution is 0.0156. The molecule has 1 aromatic rings. The molecule has 116 valence electrons. The maximum atomic E-state index is 12.3. The Morgan fingerprint density at radius 2 is 2.10 bits per heavy atom. The number of carboxylic acid groups (broad SMARTS) is 1. The summed E-state index contributed by atoms with van der Waals surface area (Å²) >= 11 is 0. The summed E-state index contributed by atoms with van der Waals surface area (Å²) in [6.07, 6.45) is 0.314. The highest BCUT2D eigenvalue weighted by Gasteiger charge is 2.30. The van der Waals surface area contributed by atoms with Gasteiger partial charge in [-0.05, 0) is 40.2 Å². The Balaban J connectivity index is 2.22. The van der Waals surface area contributed by atoms with Gasteiger partial charge >= 0.3 is 12.1 Å². The Morgan fingerprint density at radius 3 is 2.67 bits per heavy atom. The van der Waals surface area contributed by atoms with Crippen molar-refractivity contribution in [1.29, 1.82) is 0 Å². The van der Waals surface area contributed by atoms with Gasteiger partial charge in [-0.3, -0.25) is 9.58 Å². The SMILES string of the molecule is CC1CCn2nc(C(=O)O)cc2CN1C(=O)OC(C)(C)C. The molecule has 0 bridgehead atoms. The molecule has 1 aliphatic heterocycles. The molecule has 0 radical (unpaired) electrons. The van der Waals surface area contributed by atoms with Gasteiger partial charge in [0.1, 0.15) is 5.60 Å². The molecule has 0 aromatic carbocycles. The molecule has 7 heteroatoms. The van der Waals surface area contributed by atoms with Crippen molar-refractivity contribution in [3.63, 3.8) is 0 Å². The van der Waals surface area contributed by atoms with E-state index >= 15 is 0 Å². The molecule has 1 aromatic heterocycles. The van der Waals surface area contributed by atoms with E-state index in [1.165, 1.54) is 6.07 Å². The third-order valence-electron chi connectivity index (χ3n) is 3.33. The third-order valence-corrected chi connectivity index (χ3v) is 3.33. The van der Waals surface area contributed by atoms with Gasteiger partial charge in [0.2, 0.25) is 0 Å². The predicted molar refractivity (Wildman–Crippen MR) is 75.0 cm³/mol. The molecule has 1 amide bonds. The molecule has 2 rings (SSSR count). The average Bonchev–Trinajstić information content (AvgIpc) is 2.67. The number of fused-ring (bicyclic) bond motifs is 1. The number of carbonyl (C=O) groups excluding carboxylic acids is 1. The molecule has 1 N–H and O–H groups in total. The van der Waals surface area contributed by atoms with Gasteiger partial charge in [0, 0.05) is 12.6 Å². The summed E-state index contributed by atoms with van der Waals surface area (Å²) in [5.74, 6) is -1.06. The lowest BCUT2D eigenvalue weighted by atomic mass is 10.2. The molecule has 0 saturated carbocycles. The summed E-state index contributed by atoms with van der Waals surface area (Å²) in [5, 5.41) is 13.1. The van der Waals surface area contributed by atoms with Crippen molar-refractivity contribution in [2.75, 3.05) is 0 Å². The minimum absolute atomic E-state index is 0.00342. The molecule has 1 aliphatic rings. The van der Waals surface area contributed by atoms with Gasteiger partial charge in [-0.25, -0.2) is 9.59 Å². The number of amides is 1. The summed E-state index contributed by atoms with van der Waals surface area (Å²) in [6.45, 7) is 8.30. The minimum atomic E-state index is -1.06. The van der Waals surface area contributed by atoms with Crippen LogP contribution in [0.5, 0.6) is 0 Å². The smallest absolute Gasteiger partial charge is 0.410 e. The van der Waals surface area contributed by atoms with E-state index in [9.17, 15) is 9.59 Å². The lowest BCUT2D eigenvalue weighted by Crippen LogP contribution is -2.41. The summed E-state index contributed by atoms with van der Waals surface area (Å²) < 4.78 is 7.07. The maximum absolute atomic E-state index is 12.3. The van der Waals surface area contributed by atoms with Crippen molar-refractivity contribution in [3.8, 4) is 0 Å². The molecule has 0 spiro atoms. The number of rotatable bonds is 1. The first-order valence-corrected chi connectivity index (χ1v) is 6.97. The van der Waals surface area contributed by atoms with Crippen LogP contribution in [0.15, 0.2) is 6.07 Å². The number of carbonyl (C=O) groups is 2. The molecular formula is C14H21N3O4. The molecule has 21 heavy (non-hydrogen) atoms. The zero-order valence-electron chi connectivity index (χ0n) is 12.8. The van der Waals surface area contributed by atoms with Crippen molar-refractivity contribution >= 4 is 12.1 Å². The Bertz CT molecular complexity index is 559. The van der Waals surface area contributed by atoms with E-state index in [0.29, 0.717) is 25.2 Å². The van der Waals surface area contributed by atoms with Crippen molar-refractivity contribution in [2.45, 2.75) is 58.8 Å². The first-order valence-electron chi connectivity index (χ1n) is 6.97. The fourth-order valence-electron chi connectivity index (χ4n) is 2.24. The van der Waals surface area contributed by atoms with Crippen LogP contribution in [-0.2, 0) is 17.8 Å².